The second-order valence-corrected chi connectivity index (χ2v) is 4.21. The summed E-state index contributed by atoms with van der Waals surface area (Å²) in [4.78, 5) is 33.4. The molecular weight excluding hydrogens is 278 g/mol. The Hall–Kier alpha value is -2.95. The minimum absolute atomic E-state index is 0.0529. The molecule has 0 radical (unpaired) electrons. The molecule has 21 heavy (non-hydrogen) atoms. The maximum Gasteiger partial charge on any atom is 0.329 e. The van der Waals surface area contributed by atoms with Crippen LogP contribution in [0.25, 0.3) is 0 Å². The summed E-state index contributed by atoms with van der Waals surface area (Å²) in [5.41, 5.74) is -0.173. The first kappa shape index (κ1) is 16.1. The van der Waals surface area contributed by atoms with E-state index in [9.17, 15) is 19.7 Å². The third-order valence-electron chi connectivity index (χ3n) is 2.50. The molecule has 0 heterocycles. The van der Waals surface area contributed by atoms with Gasteiger partial charge in [0.2, 0.25) is 0 Å². The Morgan fingerprint density at radius 1 is 1.43 bits per heavy atom. The van der Waals surface area contributed by atoms with Gasteiger partial charge in [-0.1, -0.05) is 6.07 Å². The van der Waals surface area contributed by atoms with Crippen LogP contribution in [0.3, 0.4) is 0 Å². The molecule has 0 aliphatic carbocycles. The quantitative estimate of drug-likeness (QED) is 0.493. The van der Waals surface area contributed by atoms with Crippen molar-refractivity contribution in [3.05, 3.63) is 39.9 Å². The SMILES string of the molecule is C[C@H](NC(=O)c1cccc([N+](=O)[O-])c1)C(=O)O[C@@H](C)C#N. The summed E-state index contributed by atoms with van der Waals surface area (Å²) in [7, 11) is 0. The molecule has 8 heteroatoms. The fraction of sp³-hybridized carbons (Fsp3) is 0.308. The number of amides is 1. The molecule has 0 aliphatic heterocycles. The molecule has 1 rings (SSSR count). The Morgan fingerprint density at radius 3 is 2.67 bits per heavy atom. The minimum atomic E-state index is -0.979. The van der Waals surface area contributed by atoms with Crippen LogP contribution in [-0.2, 0) is 9.53 Å². The van der Waals surface area contributed by atoms with Gasteiger partial charge < -0.3 is 10.1 Å². The highest BCUT2D eigenvalue weighted by Gasteiger charge is 2.20. The number of rotatable bonds is 5. The van der Waals surface area contributed by atoms with Crippen LogP contribution in [-0.4, -0.2) is 28.9 Å². The number of hydrogen-bond acceptors (Lipinski definition) is 6. The van der Waals surface area contributed by atoms with Crippen LogP contribution in [0.15, 0.2) is 24.3 Å². The molecule has 0 aliphatic rings. The average Bonchev–Trinajstić information content (AvgIpc) is 2.46. The highest BCUT2D eigenvalue weighted by Crippen LogP contribution is 2.13. The standard InChI is InChI=1S/C13H13N3O5/c1-8(7-14)21-13(18)9(2)15-12(17)10-4-3-5-11(6-10)16(19)20/h3-6,8-9H,1-2H3,(H,15,17)/t8-,9-/m0/s1. The normalized spacial score (nSPS) is 12.6. The summed E-state index contributed by atoms with van der Waals surface area (Å²) in [6.45, 7) is 2.79. The first-order chi connectivity index (χ1) is 9.85. The van der Waals surface area contributed by atoms with Crippen LogP contribution >= 0.6 is 0 Å². The van der Waals surface area contributed by atoms with Crippen molar-refractivity contribution in [1.82, 2.24) is 5.32 Å². The van der Waals surface area contributed by atoms with E-state index in [1.807, 2.05) is 0 Å². The Labute approximate surface area is 120 Å². The number of carbonyl (C=O) groups is 2. The molecule has 0 aromatic heterocycles. The molecule has 0 unspecified atom stereocenters. The average molecular weight is 291 g/mol. The number of nitrogens with one attached hydrogen (secondary N) is 1. The van der Waals surface area contributed by atoms with Gasteiger partial charge in [-0.3, -0.25) is 14.9 Å². The molecule has 1 aromatic carbocycles. The van der Waals surface area contributed by atoms with Crippen LogP contribution in [0, 0.1) is 21.4 Å². The lowest BCUT2D eigenvalue weighted by molar-refractivity contribution is -0.384. The zero-order valence-corrected chi connectivity index (χ0v) is 11.4. The Balaban J connectivity index is 2.73. The molecule has 1 aromatic rings. The van der Waals surface area contributed by atoms with E-state index in [1.54, 1.807) is 6.07 Å². The summed E-state index contributed by atoms with van der Waals surface area (Å²) in [6.07, 6.45) is -0.922. The molecule has 8 nitrogen and oxygen atoms in total. The minimum Gasteiger partial charge on any atom is -0.446 e. The third kappa shape index (κ3) is 4.58. The number of benzene rings is 1. The third-order valence-corrected chi connectivity index (χ3v) is 2.50. The van der Waals surface area contributed by atoms with Crippen molar-refractivity contribution in [1.29, 1.82) is 5.26 Å². The van der Waals surface area contributed by atoms with E-state index in [2.05, 4.69) is 5.32 Å². The van der Waals surface area contributed by atoms with Gasteiger partial charge in [0.25, 0.3) is 11.6 Å². The summed E-state index contributed by atoms with van der Waals surface area (Å²) >= 11 is 0. The van der Waals surface area contributed by atoms with Crippen molar-refractivity contribution in [2.75, 3.05) is 0 Å². The number of nitro groups is 1. The molecule has 0 saturated heterocycles. The molecule has 0 fully saturated rings. The maximum absolute atomic E-state index is 11.9. The van der Waals surface area contributed by atoms with E-state index in [4.69, 9.17) is 10.00 Å². The molecule has 2 atom stereocenters. The van der Waals surface area contributed by atoms with Crippen molar-refractivity contribution < 1.29 is 19.2 Å². The maximum atomic E-state index is 11.9. The Kier molecular flexibility index (Phi) is 5.37. The van der Waals surface area contributed by atoms with Crippen LogP contribution < -0.4 is 5.32 Å². The van der Waals surface area contributed by atoms with E-state index in [0.29, 0.717) is 0 Å². The van der Waals surface area contributed by atoms with E-state index in [1.165, 1.54) is 32.0 Å². The molecule has 0 spiro atoms. The van der Waals surface area contributed by atoms with Crippen molar-refractivity contribution in [2.24, 2.45) is 0 Å². The monoisotopic (exact) mass is 291 g/mol. The summed E-state index contributed by atoms with van der Waals surface area (Å²) in [5.74, 6) is -1.41. The lowest BCUT2D eigenvalue weighted by atomic mass is 10.2. The van der Waals surface area contributed by atoms with Gasteiger partial charge >= 0.3 is 5.97 Å². The van der Waals surface area contributed by atoms with Gasteiger partial charge in [0.1, 0.15) is 12.1 Å². The lowest BCUT2D eigenvalue weighted by Gasteiger charge is -2.14. The van der Waals surface area contributed by atoms with Crippen LogP contribution in [0.1, 0.15) is 24.2 Å². The second-order valence-electron chi connectivity index (χ2n) is 4.21. The number of nitro benzene ring substituents is 1. The first-order valence-electron chi connectivity index (χ1n) is 6.00. The van der Waals surface area contributed by atoms with Gasteiger partial charge in [0.15, 0.2) is 6.10 Å². The topological polar surface area (TPSA) is 122 Å². The zero-order valence-electron chi connectivity index (χ0n) is 11.4. The predicted octanol–water partition coefficient (Wildman–Crippen LogP) is 1.17. The highest BCUT2D eigenvalue weighted by atomic mass is 16.6. The second kappa shape index (κ2) is 7.00. The van der Waals surface area contributed by atoms with E-state index < -0.39 is 28.9 Å². The smallest absolute Gasteiger partial charge is 0.329 e. The number of hydrogen-bond donors (Lipinski definition) is 1. The Morgan fingerprint density at radius 2 is 2.10 bits per heavy atom. The van der Waals surface area contributed by atoms with E-state index >= 15 is 0 Å². The largest absolute Gasteiger partial charge is 0.446 e. The fourth-order valence-electron chi connectivity index (χ4n) is 1.40. The predicted molar refractivity (Wildman–Crippen MR) is 71.2 cm³/mol. The number of nitrogens with zero attached hydrogens (tertiary/aromatic N) is 2. The van der Waals surface area contributed by atoms with Gasteiger partial charge in [-0.15, -0.1) is 0 Å². The number of carbonyl (C=O) groups excluding carboxylic acids is 2. The van der Waals surface area contributed by atoms with Gasteiger partial charge in [-0.25, -0.2) is 4.79 Å². The molecular formula is C13H13N3O5. The molecule has 0 bridgehead atoms. The summed E-state index contributed by atoms with van der Waals surface area (Å²) in [5, 5.41) is 21.5. The molecule has 1 amide bonds. The van der Waals surface area contributed by atoms with Crippen molar-refractivity contribution in [2.45, 2.75) is 26.0 Å². The molecule has 1 N–H and O–H groups in total. The van der Waals surface area contributed by atoms with Crippen molar-refractivity contribution in [3.63, 3.8) is 0 Å². The van der Waals surface area contributed by atoms with Crippen molar-refractivity contribution in [3.8, 4) is 6.07 Å². The van der Waals surface area contributed by atoms with E-state index in [0.717, 1.165) is 6.07 Å². The van der Waals surface area contributed by atoms with Gasteiger partial charge in [-0.2, -0.15) is 5.26 Å². The fourth-order valence-corrected chi connectivity index (χ4v) is 1.40. The number of ether oxygens (including phenoxy) is 1. The van der Waals surface area contributed by atoms with Crippen LogP contribution in [0.4, 0.5) is 5.69 Å². The molecule has 0 saturated carbocycles. The number of esters is 1. The number of non-ortho nitro benzene ring substituents is 1. The highest BCUT2D eigenvalue weighted by molar-refractivity contribution is 5.97. The summed E-state index contributed by atoms with van der Waals surface area (Å²) in [6, 6.07) is 5.86. The van der Waals surface area contributed by atoms with E-state index in [-0.39, 0.29) is 11.3 Å². The van der Waals surface area contributed by atoms with Gasteiger partial charge in [-0.05, 0) is 19.9 Å². The van der Waals surface area contributed by atoms with Gasteiger partial charge in [0.05, 0.1) is 4.92 Å². The first-order valence-corrected chi connectivity index (χ1v) is 6.00. The molecule has 110 valence electrons. The van der Waals surface area contributed by atoms with Crippen molar-refractivity contribution >= 4 is 17.6 Å². The zero-order chi connectivity index (χ0) is 16.0. The van der Waals surface area contributed by atoms with Gasteiger partial charge in [0, 0.05) is 17.7 Å². The number of nitriles is 1. The summed E-state index contributed by atoms with van der Waals surface area (Å²) < 4.78 is 4.74. The Bertz CT molecular complexity index is 608. The van der Waals surface area contributed by atoms with Crippen LogP contribution in [0.2, 0.25) is 0 Å². The lowest BCUT2D eigenvalue weighted by Crippen LogP contribution is -2.40. The van der Waals surface area contributed by atoms with Crippen LogP contribution in [0.5, 0.6) is 0 Å².